The molecule has 2 aromatic heterocycles. The highest BCUT2D eigenvalue weighted by Crippen LogP contribution is 2.00. The average Bonchev–Trinajstić information content (AvgIpc) is 2.96. The summed E-state index contributed by atoms with van der Waals surface area (Å²) >= 11 is 0. The maximum atomic E-state index is 11.5. The summed E-state index contributed by atoms with van der Waals surface area (Å²) in [6.07, 6.45) is 4.44. The van der Waals surface area contributed by atoms with Gasteiger partial charge >= 0.3 is 5.97 Å². The molecule has 2 heterocycles. The summed E-state index contributed by atoms with van der Waals surface area (Å²) in [5.41, 5.74) is 0.307. The molecule has 1 N–H and O–H groups in total. The van der Waals surface area contributed by atoms with Crippen molar-refractivity contribution in [3.8, 4) is 0 Å². The van der Waals surface area contributed by atoms with E-state index < -0.39 is 11.9 Å². The zero-order valence-electron chi connectivity index (χ0n) is 10.0. The number of rotatable bonds is 5. The van der Waals surface area contributed by atoms with E-state index in [4.69, 9.17) is 9.15 Å². The number of amides is 1. The molecule has 0 aliphatic heterocycles. The van der Waals surface area contributed by atoms with E-state index in [2.05, 4.69) is 10.3 Å². The number of carbonyl (C=O) groups is 2. The van der Waals surface area contributed by atoms with Gasteiger partial charge in [0.15, 0.2) is 6.61 Å². The summed E-state index contributed by atoms with van der Waals surface area (Å²) < 4.78 is 9.89. The Morgan fingerprint density at radius 3 is 2.89 bits per heavy atom. The van der Waals surface area contributed by atoms with Crippen molar-refractivity contribution in [2.75, 3.05) is 6.61 Å². The maximum Gasteiger partial charge on any atom is 0.340 e. The molecule has 0 fully saturated rings. The fraction of sp³-hybridized carbons (Fsp3) is 0.154. The van der Waals surface area contributed by atoms with Gasteiger partial charge in [-0.05, 0) is 24.3 Å². The first-order chi connectivity index (χ1) is 9.25. The maximum absolute atomic E-state index is 11.5. The van der Waals surface area contributed by atoms with E-state index in [1.165, 1.54) is 12.5 Å². The Morgan fingerprint density at radius 1 is 1.32 bits per heavy atom. The second-order valence-electron chi connectivity index (χ2n) is 3.67. The van der Waals surface area contributed by atoms with E-state index in [0.29, 0.717) is 11.3 Å². The second-order valence-corrected chi connectivity index (χ2v) is 3.67. The van der Waals surface area contributed by atoms with Gasteiger partial charge in [0.2, 0.25) is 0 Å². The molecule has 0 aliphatic rings. The standard InChI is InChI=1S/C13H12N2O4/c16-12(15-8-11-4-2-6-18-11)9-19-13(17)10-3-1-5-14-7-10/h1-7H,8-9H2,(H,15,16). The number of hydrogen-bond acceptors (Lipinski definition) is 5. The van der Waals surface area contributed by atoms with Crippen molar-refractivity contribution in [3.63, 3.8) is 0 Å². The highest BCUT2D eigenvalue weighted by atomic mass is 16.5. The molecule has 1 amide bonds. The predicted octanol–water partition coefficient (Wildman–Crippen LogP) is 1.15. The monoisotopic (exact) mass is 260 g/mol. The Labute approximate surface area is 109 Å². The summed E-state index contributed by atoms with van der Waals surface area (Å²) in [5.74, 6) is -0.346. The van der Waals surface area contributed by atoms with Gasteiger partial charge in [0.25, 0.3) is 5.91 Å². The third-order valence-corrected chi connectivity index (χ3v) is 2.27. The van der Waals surface area contributed by atoms with Gasteiger partial charge in [-0.2, -0.15) is 0 Å². The third kappa shape index (κ3) is 3.95. The fourth-order valence-corrected chi connectivity index (χ4v) is 1.35. The lowest BCUT2D eigenvalue weighted by Gasteiger charge is -2.05. The van der Waals surface area contributed by atoms with Crippen LogP contribution in [0.4, 0.5) is 0 Å². The highest BCUT2D eigenvalue weighted by molar-refractivity contribution is 5.90. The van der Waals surface area contributed by atoms with Crippen LogP contribution in [0.25, 0.3) is 0 Å². The molecule has 2 rings (SSSR count). The molecule has 0 atom stereocenters. The van der Waals surface area contributed by atoms with Crippen LogP contribution in [0.5, 0.6) is 0 Å². The number of ether oxygens (including phenoxy) is 1. The molecule has 0 aromatic carbocycles. The molecule has 0 spiro atoms. The van der Waals surface area contributed by atoms with Crippen LogP contribution in [0.1, 0.15) is 16.1 Å². The molecule has 0 radical (unpaired) electrons. The van der Waals surface area contributed by atoms with Gasteiger partial charge in [0.1, 0.15) is 5.76 Å². The molecule has 0 aliphatic carbocycles. The molecule has 0 saturated heterocycles. The molecule has 0 unspecified atom stereocenters. The smallest absolute Gasteiger partial charge is 0.340 e. The van der Waals surface area contributed by atoms with Crippen LogP contribution in [-0.4, -0.2) is 23.5 Å². The van der Waals surface area contributed by atoms with Gasteiger partial charge in [-0.1, -0.05) is 0 Å². The van der Waals surface area contributed by atoms with Gasteiger partial charge in [0.05, 0.1) is 18.4 Å². The molecule has 6 nitrogen and oxygen atoms in total. The van der Waals surface area contributed by atoms with Crippen LogP contribution in [0.3, 0.4) is 0 Å². The van der Waals surface area contributed by atoms with Gasteiger partial charge in [0, 0.05) is 12.4 Å². The molecule has 6 heteroatoms. The number of aromatic nitrogens is 1. The number of hydrogen-bond donors (Lipinski definition) is 1. The minimum absolute atomic E-state index is 0.260. The van der Waals surface area contributed by atoms with E-state index in [1.807, 2.05) is 0 Å². The van der Waals surface area contributed by atoms with Gasteiger partial charge < -0.3 is 14.5 Å². The number of esters is 1. The lowest BCUT2D eigenvalue weighted by atomic mass is 10.3. The van der Waals surface area contributed by atoms with Crippen molar-refractivity contribution in [3.05, 3.63) is 54.2 Å². The number of carbonyl (C=O) groups excluding carboxylic acids is 2. The van der Waals surface area contributed by atoms with Crippen molar-refractivity contribution >= 4 is 11.9 Å². The summed E-state index contributed by atoms with van der Waals surface area (Å²) in [6, 6.07) is 6.65. The Bertz CT molecular complexity index is 537. The minimum Gasteiger partial charge on any atom is -0.467 e. The first-order valence-electron chi connectivity index (χ1n) is 5.62. The van der Waals surface area contributed by atoms with E-state index >= 15 is 0 Å². The molecule has 2 aromatic rings. The highest BCUT2D eigenvalue weighted by Gasteiger charge is 2.10. The molecule has 19 heavy (non-hydrogen) atoms. The molecular weight excluding hydrogens is 248 g/mol. The Balaban J connectivity index is 1.73. The van der Waals surface area contributed by atoms with Gasteiger partial charge in [-0.25, -0.2) is 4.79 Å². The predicted molar refractivity (Wildman–Crippen MR) is 65.1 cm³/mol. The van der Waals surface area contributed by atoms with Crippen LogP contribution in [-0.2, 0) is 16.1 Å². The first-order valence-corrected chi connectivity index (χ1v) is 5.62. The topological polar surface area (TPSA) is 81.4 Å². The Morgan fingerprint density at radius 2 is 2.21 bits per heavy atom. The number of nitrogens with one attached hydrogen (secondary N) is 1. The first kappa shape index (κ1) is 12.8. The zero-order valence-corrected chi connectivity index (χ0v) is 10.0. The van der Waals surface area contributed by atoms with Crippen molar-refractivity contribution in [1.82, 2.24) is 10.3 Å². The third-order valence-electron chi connectivity index (χ3n) is 2.27. The van der Waals surface area contributed by atoms with Crippen LogP contribution in [0.15, 0.2) is 47.3 Å². The zero-order chi connectivity index (χ0) is 13.5. The van der Waals surface area contributed by atoms with Crippen molar-refractivity contribution in [2.45, 2.75) is 6.54 Å². The second kappa shape index (κ2) is 6.34. The molecular formula is C13H12N2O4. The molecule has 0 bridgehead atoms. The van der Waals surface area contributed by atoms with Gasteiger partial charge in [-0.15, -0.1) is 0 Å². The van der Waals surface area contributed by atoms with E-state index in [1.54, 1.807) is 30.5 Å². The number of nitrogens with zero attached hydrogens (tertiary/aromatic N) is 1. The summed E-state index contributed by atoms with van der Waals surface area (Å²) in [5, 5.41) is 2.57. The molecule has 98 valence electrons. The average molecular weight is 260 g/mol. The van der Waals surface area contributed by atoms with Crippen molar-refractivity contribution in [2.24, 2.45) is 0 Å². The van der Waals surface area contributed by atoms with E-state index in [0.717, 1.165) is 0 Å². The van der Waals surface area contributed by atoms with Crippen LogP contribution in [0, 0.1) is 0 Å². The quantitative estimate of drug-likeness (QED) is 0.815. The van der Waals surface area contributed by atoms with E-state index in [-0.39, 0.29) is 13.2 Å². The lowest BCUT2D eigenvalue weighted by molar-refractivity contribution is -0.124. The van der Waals surface area contributed by atoms with Crippen molar-refractivity contribution < 1.29 is 18.7 Å². The largest absolute Gasteiger partial charge is 0.467 e. The summed E-state index contributed by atoms with van der Waals surface area (Å²) in [7, 11) is 0. The van der Waals surface area contributed by atoms with Gasteiger partial charge in [-0.3, -0.25) is 9.78 Å². The number of furan rings is 1. The van der Waals surface area contributed by atoms with Crippen LogP contribution >= 0.6 is 0 Å². The number of pyridine rings is 1. The molecule has 0 saturated carbocycles. The van der Waals surface area contributed by atoms with Crippen LogP contribution < -0.4 is 5.32 Å². The van der Waals surface area contributed by atoms with Crippen molar-refractivity contribution in [1.29, 1.82) is 0 Å². The Hall–Kier alpha value is -2.63. The summed E-state index contributed by atoms with van der Waals surface area (Å²) in [6.45, 7) is -0.0787. The van der Waals surface area contributed by atoms with E-state index in [9.17, 15) is 9.59 Å². The minimum atomic E-state index is -0.582. The fourth-order valence-electron chi connectivity index (χ4n) is 1.35. The summed E-state index contributed by atoms with van der Waals surface area (Å²) in [4.78, 5) is 26.7. The lowest BCUT2D eigenvalue weighted by Crippen LogP contribution is -2.28. The normalized spacial score (nSPS) is 9.89. The van der Waals surface area contributed by atoms with Crippen LogP contribution in [0.2, 0.25) is 0 Å². The Kier molecular flexibility index (Phi) is 4.28. The SMILES string of the molecule is O=C(COC(=O)c1cccnc1)NCc1ccco1.